The van der Waals surface area contributed by atoms with Crippen LogP contribution >= 0.6 is 0 Å². The largest absolute Gasteiger partial charge is 0.349 e. The zero-order valence-corrected chi connectivity index (χ0v) is 14.4. The number of rotatable bonds is 1. The molecule has 0 fully saturated rings. The molecule has 0 spiro atoms. The van der Waals surface area contributed by atoms with Gasteiger partial charge in [0, 0.05) is 23.9 Å². The topological polar surface area (TPSA) is 59.8 Å². The lowest BCUT2D eigenvalue weighted by atomic mass is 9.89. The van der Waals surface area contributed by atoms with Crippen molar-refractivity contribution in [3.8, 4) is 11.3 Å². The first-order valence-corrected chi connectivity index (χ1v) is 8.49. The van der Waals surface area contributed by atoms with Crippen LogP contribution in [0.15, 0.2) is 18.3 Å². The van der Waals surface area contributed by atoms with Crippen LogP contribution in [0.4, 0.5) is 0 Å². The lowest BCUT2D eigenvalue weighted by Gasteiger charge is -2.17. The van der Waals surface area contributed by atoms with E-state index in [1.54, 1.807) is 0 Å². The van der Waals surface area contributed by atoms with Crippen molar-refractivity contribution in [2.24, 2.45) is 5.41 Å². The fourth-order valence-electron chi connectivity index (χ4n) is 3.33. The van der Waals surface area contributed by atoms with Gasteiger partial charge in [-0.3, -0.25) is 14.5 Å². The number of allylic oxidation sites excluding steroid dienone is 1. The SMILES string of the molecule is CC(C)(C)C=Cc1cc2c(cn1)CCc1c-2nn2c1C(=O)NCC2. The Kier molecular flexibility index (Phi) is 3.34. The van der Waals surface area contributed by atoms with Crippen LogP contribution in [-0.2, 0) is 19.4 Å². The lowest BCUT2D eigenvalue weighted by Crippen LogP contribution is -2.36. The number of aromatic nitrogens is 3. The molecule has 5 nitrogen and oxygen atoms in total. The fourth-order valence-corrected chi connectivity index (χ4v) is 3.33. The smallest absolute Gasteiger partial charge is 0.269 e. The highest BCUT2D eigenvalue weighted by Gasteiger charge is 2.30. The number of nitrogens with one attached hydrogen (secondary N) is 1. The maximum Gasteiger partial charge on any atom is 0.269 e. The van der Waals surface area contributed by atoms with Crippen molar-refractivity contribution in [3.05, 3.63) is 40.9 Å². The molecule has 1 N–H and O–H groups in total. The van der Waals surface area contributed by atoms with Crippen molar-refractivity contribution >= 4 is 12.0 Å². The van der Waals surface area contributed by atoms with E-state index in [-0.39, 0.29) is 11.3 Å². The van der Waals surface area contributed by atoms with E-state index < -0.39 is 0 Å². The predicted octanol–water partition coefficient (Wildman–Crippen LogP) is 2.85. The van der Waals surface area contributed by atoms with Crippen molar-refractivity contribution < 1.29 is 4.79 Å². The van der Waals surface area contributed by atoms with E-state index in [1.165, 1.54) is 5.56 Å². The summed E-state index contributed by atoms with van der Waals surface area (Å²) in [5, 5.41) is 7.66. The maximum absolute atomic E-state index is 12.2. The zero-order chi connectivity index (χ0) is 16.9. The summed E-state index contributed by atoms with van der Waals surface area (Å²) in [4.78, 5) is 16.8. The summed E-state index contributed by atoms with van der Waals surface area (Å²) < 4.78 is 1.86. The van der Waals surface area contributed by atoms with Gasteiger partial charge in [0.15, 0.2) is 0 Å². The third-order valence-electron chi connectivity index (χ3n) is 4.54. The number of aryl methyl sites for hydroxylation is 1. The summed E-state index contributed by atoms with van der Waals surface area (Å²) in [6.45, 7) is 7.90. The summed E-state index contributed by atoms with van der Waals surface area (Å²) in [5.74, 6) is 0.000331. The molecule has 0 radical (unpaired) electrons. The summed E-state index contributed by atoms with van der Waals surface area (Å²) in [6, 6.07) is 2.10. The molecule has 0 bridgehead atoms. The van der Waals surface area contributed by atoms with Crippen LogP contribution in [0.1, 0.15) is 48.1 Å². The molecule has 1 aliphatic heterocycles. The molecule has 0 unspecified atom stereocenters. The molecule has 1 amide bonds. The van der Waals surface area contributed by atoms with Gasteiger partial charge in [-0.25, -0.2) is 0 Å². The molecule has 2 aromatic heterocycles. The Morgan fingerprint density at radius 3 is 2.92 bits per heavy atom. The highest BCUT2D eigenvalue weighted by atomic mass is 16.2. The number of nitrogens with zero attached hydrogens (tertiary/aromatic N) is 3. The van der Waals surface area contributed by atoms with Crippen molar-refractivity contribution in [1.82, 2.24) is 20.1 Å². The van der Waals surface area contributed by atoms with E-state index in [2.05, 4.69) is 49.3 Å². The van der Waals surface area contributed by atoms with Crippen molar-refractivity contribution in [2.45, 2.75) is 40.2 Å². The van der Waals surface area contributed by atoms with Crippen LogP contribution in [-0.4, -0.2) is 27.2 Å². The van der Waals surface area contributed by atoms with Gasteiger partial charge in [-0.1, -0.05) is 26.8 Å². The molecule has 1 aliphatic carbocycles. The van der Waals surface area contributed by atoms with Gasteiger partial charge >= 0.3 is 0 Å². The number of carbonyl (C=O) groups excluding carboxylic acids is 1. The number of carbonyl (C=O) groups is 1. The Morgan fingerprint density at radius 1 is 1.29 bits per heavy atom. The van der Waals surface area contributed by atoms with Crippen LogP contribution in [0, 0.1) is 5.41 Å². The van der Waals surface area contributed by atoms with Crippen molar-refractivity contribution in [1.29, 1.82) is 0 Å². The third-order valence-corrected chi connectivity index (χ3v) is 4.54. The van der Waals surface area contributed by atoms with Gasteiger partial charge in [0.05, 0.1) is 17.9 Å². The predicted molar refractivity (Wildman–Crippen MR) is 93.7 cm³/mol. The van der Waals surface area contributed by atoms with Gasteiger partial charge in [-0.15, -0.1) is 0 Å². The fraction of sp³-hybridized carbons (Fsp3) is 0.421. The number of hydrogen-bond acceptors (Lipinski definition) is 3. The third kappa shape index (κ3) is 2.54. The number of hydrogen-bond donors (Lipinski definition) is 1. The first-order chi connectivity index (χ1) is 11.4. The number of amides is 1. The van der Waals surface area contributed by atoms with Gasteiger partial charge in [0.25, 0.3) is 5.91 Å². The Labute approximate surface area is 141 Å². The minimum atomic E-state index is 0.000331. The van der Waals surface area contributed by atoms with E-state index in [0.717, 1.165) is 47.6 Å². The standard InChI is InChI=1S/C19H22N4O/c1-19(2,3)7-6-13-10-15-12(11-21-13)4-5-14-16(15)22-23-9-8-20-18(24)17(14)23/h6-7,10-11H,4-5,8-9H2,1-3H3,(H,20,24). The minimum Gasteiger partial charge on any atom is -0.349 e. The second-order valence-electron chi connectivity index (χ2n) is 7.62. The molecular weight excluding hydrogens is 300 g/mol. The van der Waals surface area contributed by atoms with Gasteiger partial charge in [0.2, 0.25) is 0 Å². The summed E-state index contributed by atoms with van der Waals surface area (Å²) in [7, 11) is 0. The monoisotopic (exact) mass is 322 g/mol. The molecule has 124 valence electrons. The Balaban J connectivity index is 1.80. The van der Waals surface area contributed by atoms with Crippen molar-refractivity contribution in [2.75, 3.05) is 6.54 Å². The van der Waals surface area contributed by atoms with E-state index >= 15 is 0 Å². The maximum atomic E-state index is 12.2. The first kappa shape index (κ1) is 15.1. The van der Waals surface area contributed by atoms with Crippen LogP contribution < -0.4 is 5.32 Å². The molecule has 0 saturated heterocycles. The molecular formula is C19H22N4O. The normalized spacial score (nSPS) is 16.5. The average molecular weight is 322 g/mol. The summed E-state index contributed by atoms with van der Waals surface area (Å²) in [5.41, 5.74) is 6.17. The zero-order valence-electron chi connectivity index (χ0n) is 14.4. The van der Waals surface area contributed by atoms with Crippen LogP contribution in [0.2, 0.25) is 0 Å². The van der Waals surface area contributed by atoms with E-state index in [1.807, 2.05) is 10.9 Å². The quantitative estimate of drug-likeness (QED) is 0.878. The second-order valence-corrected chi connectivity index (χ2v) is 7.62. The van der Waals surface area contributed by atoms with Crippen molar-refractivity contribution in [3.63, 3.8) is 0 Å². The van der Waals surface area contributed by atoms with E-state index in [9.17, 15) is 4.79 Å². The van der Waals surface area contributed by atoms with E-state index in [4.69, 9.17) is 5.10 Å². The molecule has 5 heteroatoms. The van der Waals surface area contributed by atoms with Crippen LogP contribution in [0.3, 0.4) is 0 Å². The molecule has 0 aromatic carbocycles. The van der Waals surface area contributed by atoms with Crippen LogP contribution in [0.25, 0.3) is 17.3 Å². The highest BCUT2D eigenvalue weighted by molar-refractivity contribution is 5.97. The average Bonchev–Trinajstić information content (AvgIpc) is 2.92. The molecule has 24 heavy (non-hydrogen) atoms. The molecule has 4 rings (SSSR count). The molecule has 2 aromatic rings. The van der Waals surface area contributed by atoms with Crippen LogP contribution in [0.5, 0.6) is 0 Å². The molecule has 3 heterocycles. The van der Waals surface area contributed by atoms with Gasteiger partial charge in [0.1, 0.15) is 5.69 Å². The van der Waals surface area contributed by atoms with Gasteiger partial charge in [-0.05, 0) is 36.0 Å². The molecule has 2 aliphatic rings. The summed E-state index contributed by atoms with van der Waals surface area (Å²) >= 11 is 0. The second kappa shape index (κ2) is 5.30. The first-order valence-electron chi connectivity index (χ1n) is 8.49. The highest BCUT2D eigenvalue weighted by Crippen LogP contribution is 2.35. The number of fused-ring (bicyclic) bond motifs is 5. The Hall–Kier alpha value is -2.43. The number of pyridine rings is 1. The van der Waals surface area contributed by atoms with Gasteiger partial charge < -0.3 is 5.32 Å². The lowest BCUT2D eigenvalue weighted by molar-refractivity contribution is 0.0923. The Bertz CT molecular complexity index is 855. The molecule has 0 saturated carbocycles. The Morgan fingerprint density at radius 2 is 2.12 bits per heavy atom. The van der Waals surface area contributed by atoms with Gasteiger partial charge in [-0.2, -0.15) is 5.10 Å². The summed E-state index contributed by atoms with van der Waals surface area (Å²) in [6.07, 6.45) is 7.95. The molecule has 0 atom stereocenters. The minimum absolute atomic E-state index is 0.000331. The van der Waals surface area contributed by atoms with E-state index in [0.29, 0.717) is 6.54 Å².